The molecule has 0 atom stereocenters. The lowest BCUT2D eigenvalue weighted by molar-refractivity contribution is -0.120. The van der Waals surface area contributed by atoms with Gasteiger partial charge in [0.15, 0.2) is 4.77 Å². The van der Waals surface area contributed by atoms with E-state index in [-0.39, 0.29) is 18.2 Å². The van der Waals surface area contributed by atoms with Gasteiger partial charge in [-0.05, 0) is 26.1 Å². The summed E-state index contributed by atoms with van der Waals surface area (Å²) in [5.74, 6) is 1.79. The van der Waals surface area contributed by atoms with E-state index in [9.17, 15) is 4.79 Å². The average Bonchev–Trinajstić information content (AvgIpc) is 2.97. The smallest absolute Gasteiger partial charge is 0.224 e. The second kappa shape index (κ2) is 6.87. The summed E-state index contributed by atoms with van der Waals surface area (Å²) in [7, 11) is 0. The van der Waals surface area contributed by atoms with Crippen LogP contribution in [-0.4, -0.2) is 32.4 Å². The van der Waals surface area contributed by atoms with Crippen LogP contribution < -0.4 is 5.32 Å². The van der Waals surface area contributed by atoms with Crippen LogP contribution >= 0.6 is 12.2 Å². The molecule has 1 amide bonds. The number of carbonyl (C=O) groups excluding carboxylic acids is 1. The summed E-state index contributed by atoms with van der Waals surface area (Å²) in [5, 5.41) is 13.7. The molecule has 0 fully saturated rings. The first-order valence-electron chi connectivity index (χ1n) is 7.23. The van der Waals surface area contributed by atoms with Crippen molar-refractivity contribution < 1.29 is 9.32 Å². The first kappa shape index (κ1) is 16.4. The van der Waals surface area contributed by atoms with Gasteiger partial charge in [0.05, 0.1) is 12.1 Å². The fourth-order valence-corrected chi connectivity index (χ4v) is 2.50. The Morgan fingerprint density at radius 2 is 2.18 bits per heavy atom. The van der Waals surface area contributed by atoms with Crippen LogP contribution in [0.2, 0.25) is 0 Å². The minimum absolute atomic E-state index is 0.0597. The average molecular weight is 323 g/mol. The third-order valence-electron chi connectivity index (χ3n) is 3.48. The number of rotatable bonds is 6. The van der Waals surface area contributed by atoms with E-state index in [4.69, 9.17) is 16.7 Å². The molecular weight excluding hydrogens is 302 g/mol. The Morgan fingerprint density at radius 1 is 1.45 bits per heavy atom. The number of hydrogen-bond donors (Lipinski definition) is 2. The van der Waals surface area contributed by atoms with Gasteiger partial charge in [0.1, 0.15) is 11.6 Å². The molecule has 2 heterocycles. The zero-order valence-corrected chi connectivity index (χ0v) is 14.1. The summed E-state index contributed by atoms with van der Waals surface area (Å²) in [6, 6.07) is 0. The van der Waals surface area contributed by atoms with Crippen molar-refractivity contribution in [2.75, 3.05) is 6.54 Å². The van der Waals surface area contributed by atoms with Crippen molar-refractivity contribution in [2.45, 2.75) is 46.6 Å². The van der Waals surface area contributed by atoms with E-state index < -0.39 is 0 Å². The fraction of sp³-hybridized carbons (Fsp3) is 0.571. The first-order valence-corrected chi connectivity index (χ1v) is 7.64. The second-order valence-corrected chi connectivity index (χ2v) is 5.91. The van der Waals surface area contributed by atoms with Crippen LogP contribution in [0.25, 0.3) is 0 Å². The number of aromatic nitrogens is 4. The number of hydrogen-bond acceptors (Lipinski definition) is 5. The van der Waals surface area contributed by atoms with Crippen LogP contribution in [0.4, 0.5) is 0 Å². The number of aryl methyl sites for hydroxylation is 2. The molecule has 0 bridgehead atoms. The normalized spacial score (nSPS) is 11.1. The number of carbonyl (C=O) groups is 1. The van der Waals surface area contributed by atoms with E-state index in [2.05, 4.69) is 34.5 Å². The molecule has 0 unspecified atom stereocenters. The number of nitrogens with one attached hydrogen (secondary N) is 2. The van der Waals surface area contributed by atoms with E-state index in [0.717, 1.165) is 17.1 Å². The quantitative estimate of drug-likeness (QED) is 0.794. The third-order valence-corrected chi connectivity index (χ3v) is 3.79. The van der Waals surface area contributed by atoms with Crippen molar-refractivity contribution in [3.8, 4) is 0 Å². The predicted octanol–water partition coefficient (Wildman–Crippen LogP) is 2.03. The number of amides is 1. The highest BCUT2D eigenvalue weighted by atomic mass is 32.1. The predicted molar refractivity (Wildman–Crippen MR) is 84.2 cm³/mol. The summed E-state index contributed by atoms with van der Waals surface area (Å²) >= 11 is 5.21. The molecule has 8 heteroatoms. The molecule has 0 aromatic carbocycles. The van der Waals surface area contributed by atoms with Crippen LogP contribution in [0, 0.1) is 18.6 Å². The van der Waals surface area contributed by atoms with Gasteiger partial charge in [-0.1, -0.05) is 19.0 Å². The maximum absolute atomic E-state index is 12.0. The molecule has 0 aliphatic heterocycles. The largest absolute Gasteiger partial charge is 0.361 e. The van der Waals surface area contributed by atoms with Gasteiger partial charge in [0.25, 0.3) is 0 Å². The number of nitrogens with zero attached hydrogens (tertiary/aromatic N) is 3. The molecule has 2 rings (SSSR count). The number of aromatic amines is 1. The molecule has 0 radical (unpaired) electrons. The summed E-state index contributed by atoms with van der Waals surface area (Å²) in [5.41, 5.74) is 1.60. The fourth-order valence-electron chi connectivity index (χ4n) is 2.27. The van der Waals surface area contributed by atoms with Gasteiger partial charge in [-0.15, -0.1) is 0 Å². The van der Waals surface area contributed by atoms with Crippen molar-refractivity contribution in [3.05, 3.63) is 27.6 Å². The standard InChI is InChI=1S/C14H21N5O2S/c1-8(2)13-16-17-14(22)19(13)6-5-15-12(20)7-11-9(3)18-21-10(11)4/h8H,5-7H2,1-4H3,(H,15,20)(H,17,22). The van der Waals surface area contributed by atoms with Crippen molar-refractivity contribution in [2.24, 2.45) is 0 Å². The molecule has 22 heavy (non-hydrogen) atoms. The Hall–Kier alpha value is -1.96. The molecule has 2 aromatic heterocycles. The molecule has 7 nitrogen and oxygen atoms in total. The molecule has 0 saturated carbocycles. The highest BCUT2D eigenvalue weighted by molar-refractivity contribution is 7.71. The minimum Gasteiger partial charge on any atom is -0.361 e. The maximum atomic E-state index is 12.0. The third kappa shape index (κ3) is 3.62. The highest BCUT2D eigenvalue weighted by Crippen LogP contribution is 2.13. The summed E-state index contributed by atoms with van der Waals surface area (Å²) in [4.78, 5) is 12.0. The van der Waals surface area contributed by atoms with Gasteiger partial charge in [0, 0.05) is 24.6 Å². The Labute approximate surface area is 134 Å². The Bertz CT molecular complexity index is 694. The van der Waals surface area contributed by atoms with Crippen LogP contribution in [0.3, 0.4) is 0 Å². The van der Waals surface area contributed by atoms with Gasteiger partial charge in [0.2, 0.25) is 5.91 Å². The molecule has 2 N–H and O–H groups in total. The van der Waals surface area contributed by atoms with Crippen molar-refractivity contribution in [1.82, 2.24) is 25.2 Å². The molecule has 120 valence electrons. The Kier molecular flexibility index (Phi) is 5.12. The van der Waals surface area contributed by atoms with Gasteiger partial charge < -0.3 is 14.4 Å². The maximum Gasteiger partial charge on any atom is 0.224 e. The van der Waals surface area contributed by atoms with E-state index in [0.29, 0.717) is 23.6 Å². The van der Waals surface area contributed by atoms with Crippen LogP contribution in [0.15, 0.2) is 4.52 Å². The summed E-state index contributed by atoms with van der Waals surface area (Å²) in [6.45, 7) is 8.84. The molecular formula is C14H21N5O2S. The summed E-state index contributed by atoms with van der Waals surface area (Å²) in [6.07, 6.45) is 0.273. The van der Waals surface area contributed by atoms with Crippen LogP contribution in [-0.2, 0) is 17.8 Å². The van der Waals surface area contributed by atoms with E-state index in [1.165, 1.54) is 0 Å². The topological polar surface area (TPSA) is 88.7 Å². The molecule has 0 aliphatic carbocycles. The van der Waals surface area contributed by atoms with Crippen molar-refractivity contribution in [3.63, 3.8) is 0 Å². The lowest BCUT2D eigenvalue weighted by Gasteiger charge is -2.10. The number of H-pyrrole nitrogens is 1. The monoisotopic (exact) mass is 323 g/mol. The molecule has 0 saturated heterocycles. The lowest BCUT2D eigenvalue weighted by Crippen LogP contribution is -2.29. The summed E-state index contributed by atoms with van der Waals surface area (Å²) < 4.78 is 7.54. The zero-order valence-electron chi connectivity index (χ0n) is 13.3. The Balaban J connectivity index is 1.90. The highest BCUT2D eigenvalue weighted by Gasteiger charge is 2.14. The second-order valence-electron chi connectivity index (χ2n) is 5.52. The zero-order chi connectivity index (χ0) is 16.3. The van der Waals surface area contributed by atoms with E-state index >= 15 is 0 Å². The SMILES string of the molecule is Cc1noc(C)c1CC(=O)NCCn1c(C(C)C)n[nH]c1=S. The Morgan fingerprint density at radius 3 is 2.77 bits per heavy atom. The van der Waals surface area contributed by atoms with E-state index in [1.54, 1.807) is 0 Å². The lowest BCUT2D eigenvalue weighted by atomic mass is 10.1. The van der Waals surface area contributed by atoms with Crippen LogP contribution in [0.1, 0.15) is 42.6 Å². The molecule has 2 aromatic rings. The molecule has 0 spiro atoms. The van der Waals surface area contributed by atoms with Crippen LogP contribution in [0.5, 0.6) is 0 Å². The van der Waals surface area contributed by atoms with Gasteiger partial charge >= 0.3 is 0 Å². The van der Waals surface area contributed by atoms with Crippen molar-refractivity contribution in [1.29, 1.82) is 0 Å². The van der Waals surface area contributed by atoms with Gasteiger partial charge in [-0.25, -0.2) is 0 Å². The van der Waals surface area contributed by atoms with Gasteiger partial charge in [-0.2, -0.15) is 5.10 Å². The minimum atomic E-state index is -0.0597. The molecule has 0 aliphatic rings. The van der Waals surface area contributed by atoms with Crippen molar-refractivity contribution >= 4 is 18.1 Å². The first-order chi connectivity index (χ1) is 10.4. The van der Waals surface area contributed by atoms with Gasteiger partial charge in [-0.3, -0.25) is 9.89 Å². The van der Waals surface area contributed by atoms with E-state index in [1.807, 2.05) is 18.4 Å².